The van der Waals surface area contributed by atoms with Crippen molar-refractivity contribution >= 4 is 48.8 Å². The lowest BCUT2D eigenvalue weighted by atomic mass is 9.56. The summed E-state index contributed by atoms with van der Waals surface area (Å²) in [6.45, 7) is 17.3. The van der Waals surface area contributed by atoms with Crippen molar-refractivity contribution in [2.45, 2.75) is 149 Å². The Morgan fingerprint density at radius 1 is 0.644 bits per heavy atom. The zero-order chi connectivity index (χ0) is 66.0. The third-order valence-corrected chi connectivity index (χ3v) is 18.5. The molecule has 1 spiro atoms. The summed E-state index contributed by atoms with van der Waals surface area (Å²) in [5.74, 6) is 2.42. The number of ether oxygens (including phenoxy) is 12. The molecule has 2 amide bonds. The van der Waals surface area contributed by atoms with E-state index in [4.69, 9.17) is 47.7 Å². The van der Waals surface area contributed by atoms with Crippen LogP contribution in [0.15, 0.2) is 22.8 Å². The molecule has 0 unspecified atom stereocenters. The summed E-state index contributed by atoms with van der Waals surface area (Å²) in [5, 5.41) is 27.9. The van der Waals surface area contributed by atoms with Gasteiger partial charge in [0.25, 0.3) is 19.4 Å². The molecule has 4 aliphatic carbocycles. The first-order valence-corrected chi connectivity index (χ1v) is 32.1. The summed E-state index contributed by atoms with van der Waals surface area (Å²) in [6.07, 6.45) is 13.0. The average molecular weight is 1280 g/mol. The molecule has 6 aliphatic rings. The van der Waals surface area contributed by atoms with Crippen LogP contribution in [0.5, 0.6) is 0 Å². The highest BCUT2D eigenvalue weighted by atomic mass is 16.6. The first-order valence-electron chi connectivity index (χ1n) is 32.1. The fraction of sp³-hybridized carbons (Fsp3) is 0.815. The zero-order valence-corrected chi connectivity index (χ0v) is 54.8. The maximum Gasteiger partial charge on any atom is 0.305 e. The summed E-state index contributed by atoms with van der Waals surface area (Å²) in [7, 11) is 3.11. The number of fused-ring (bicyclic) bond motifs is 6. The van der Waals surface area contributed by atoms with E-state index in [9.17, 15) is 43.5 Å². The van der Waals surface area contributed by atoms with Gasteiger partial charge < -0.3 is 83.0 Å². The average Bonchev–Trinajstić information content (AvgIpc) is 1.54. The molecule has 6 rings (SSSR count). The number of amides is 2. The first kappa shape index (κ1) is 77.6. The Morgan fingerprint density at radius 3 is 1.52 bits per heavy atom. The Morgan fingerprint density at radius 2 is 1.09 bits per heavy atom. The highest BCUT2D eigenvalue weighted by Gasteiger charge is 2.60. The van der Waals surface area contributed by atoms with Crippen LogP contribution in [0.25, 0.3) is 0 Å². The van der Waals surface area contributed by atoms with Crippen molar-refractivity contribution in [1.82, 2.24) is 16.0 Å². The number of aliphatic hydroxyl groups is 1. The molecule has 4 fully saturated rings. The summed E-state index contributed by atoms with van der Waals surface area (Å²) in [4.78, 5) is 86.5. The molecule has 2 saturated heterocycles. The van der Waals surface area contributed by atoms with Crippen LogP contribution in [0.4, 0.5) is 0 Å². The second-order valence-electron chi connectivity index (χ2n) is 25.4. The monoisotopic (exact) mass is 1280 g/mol. The number of hydrogen-bond donors (Lipinski definition) is 5. The predicted molar refractivity (Wildman–Crippen MR) is 328 cm³/mol. The highest BCUT2D eigenvalue weighted by molar-refractivity contribution is 5.76. The Bertz CT molecular complexity index is 2190. The smallest absolute Gasteiger partial charge is 0.305 e. The molecule has 0 aromatic carbocycles. The van der Waals surface area contributed by atoms with Gasteiger partial charge in [0.1, 0.15) is 31.4 Å². The third-order valence-electron chi connectivity index (χ3n) is 18.5. The minimum atomic E-state index is -0.998. The number of aliphatic hydroxyl groups excluding tert-OH is 1. The number of carboxylic acid groups (broad SMARTS) is 1. The molecule has 2 heterocycles. The van der Waals surface area contributed by atoms with Gasteiger partial charge in [-0.25, -0.2) is 0 Å². The van der Waals surface area contributed by atoms with Gasteiger partial charge in [-0.1, -0.05) is 38.0 Å². The first-order chi connectivity index (χ1) is 43.2. The van der Waals surface area contributed by atoms with Crippen LogP contribution in [-0.4, -0.2) is 229 Å². The molecular weight excluding hydrogens is 1170 g/mol. The quantitative estimate of drug-likeness (QED) is 0.0246. The van der Waals surface area contributed by atoms with Crippen molar-refractivity contribution in [1.29, 1.82) is 0 Å². The normalized spacial score (nSPS) is 25.7. The lowest BCUT2D eigenvalue weighted by molar-refractivity contribution is -0.143. The van der Waals surface area contributed by atoms with Gasteiger partial charge in [0, 0.05) is 51.7 Å². The van der Waals surface area contributed by atoms with Crippen LogP contribution in [0.2, 0.25) is 0 Å². The molecule has 0 aromatic heterocycles. The molecule has 2 saturated carbocycles. The van der Waals surface area contributed by atoms with Crippen molar-refractivity contribution in [2.24, 2.45) is 45.8 Å². The number of carboxylic acids is 1. The maximum atomic E-state index is 11.4. The van der Waals surface area contributed by atoms with Gasteiger partial charge in [0.15, 0.2) is 0 Å². The van der Waals surface area contributed by atoms with E-state index in [0.717, 1.165) is 43.1 Å². The van der Waals surface area contributed by atoms with Crippen LogP contribution in [0, 0.1) is 45.8 Å². The number of ketones is 2. The molecule has 25 heteroatoms. The number of carbonyl (C=O) groups is 8. The number of Topliss-reactive ketones (excluding diaryl/α,β-unsaturated/α-hetero) is 2. The summed E-state index contributed by atoms with van der Waals surface area (Å²) in [5.41, 5.74) is 3.70. The summed E-state index contributed by atoms with van der Waals surface area (Å²) in [6, 6.07) is 0.530. The third kappa shape index (κ3) is 24.9. The summed E-state index contributed by atoms with van der Waals surface area (Å²) < 4.78 is 65.6. The van der Waals surface area contributed by atoms with E-state index in [1.54, 1.807) is 30.8 Å². The van der Waals surface area contributed by atoms with Crippen molar-refractivity contribution in [2.75, 3.05) is 146 Å². The fourth-order valence-corrected chi connectivity index (χ4v) is 13.5. The largest absolute Gasteiger partial charge is 0.481 e. The standard InChI is InChI=1S/C27H41NO2.C21H38N2O8.C17H28O12/c1-15-11-24-25(28-14-15)17(3)27(30-24)10-8-20-21-6-5-18-12-19(29)7-9-26(18,4)23(21)13-22(20)16(27)2;1-17(24)5-9-28-13-21(14-29-10-6-18(2)25,15-30-11-7-19(26)22-3)16-31-12-8-20(27)23-4;18-13-27-6-3-24-10-17(9-23-2-1-16(21)22,11-25-4-7-28-14-19)12-26-5-8-29-15-20/h5,15,17,19-21,23-25,28-29H,6-14H2,1-4H3;5-16H2,1-4H3,(H,22,26)(H,23,27);13-15H,1-12H2,(H,21,22)/t15-,17+,19-,20-,21-,23-,24+,25-,26-,27-;;/m0../s1. The number of hydrogen-bond acceptors (Lipinski definition) is 22. The number of allylic oxidation sites excluding steroid dienone is 2. The number of carbonyl (C=O) groups excluding carboxylic acids is 7. The second kappa shape index (κ2) is 41.0. The minimum Gasteiger partial charge on any atom is -0.481 e. The summed E-state index contributed by atoms with van der Waals surface area (Å²) >= 11 is 0. The molecule has 0 radical (unpaired) electrons. The molecule has 2 aliphatic heterocycles. The molecule has 90 heavy (non-hydrogen) atoms. The lowest BCUT2D eigenvalue weighted by Crippen LogP contribution is -2.49. The number of nitrogens with one attached hydrogen (secondary N) is 3. The molecule has 514 valence electrons. The maximum absolute atomic E-state index is 11.4. The van der Waals surface area contributed by atoms with Crippen LogP contribution in [0.1, 0.15) is 125 Å². The molecule has 25 nitrogen and oxygen atoms in total. The Labute approximate surface area is 532 Å². The predicted octanol–water partition coefficient (Wildman–Crippen LogP) is 4.30. The minimum absolute atomic E-state index is 0.0200. The van der Waals surface area contributed by atoms with Crippen LogP contribution in [0.3, 0.4) is 0 Å². The van der Waals surface area contributed by atoms with Crippen LogP contribution in [-0.2, 0) is 95.2 Å². The Hall–Kier alpha value is -4.80. The van der Waals surface area contributed by atoms with Crippen LogP contribution < -0.4 is 16.0 Å². The molecule has 10 atom stereocenters. The van der Waals surface area contributed by atoms with E-state index in [0.29, 0.717) is 42.9 Å². The van der Waals surface area contributed by atoms with E-state index in [1.165, 1.54) is 52.4 Å². The molecule has 0 aromatic rings. The Balaban J connectivity index is 0.000000288. The van der Waals surface area contributed by atoms with Crippen molar-refractivity contribution in [3.05, 3.63) is 22.8 Å². The van der Waals surface area contributed by atoms with Gasteiger partial charge in [0.05, 0.1) is 141 Å². The van der Waals surface area contributed by atoms with Crippen LogP contribution >= 0.6 is 0 Å². The molecule has 0 bridgehead atoms. The number of aliphatic carboxylic acids is 1. The molecular formula is C65H107N3O22. The topological polar surface area (TPSA) is 324 Å². The lowest BCUT2D eigenvalue weighted by Gasteiger charge is -2.49. The van der Waals surface area contributed by atoms with Crippen molar-refractivity contribution in [3.63, 3.8) is 0 Å². The van der Waals surface area contributed by atoms with E-state index >= 15 is 0 Å². The fourth-order valence-electron chi connectivity index (χ4n) is 13.5. The number of piperidine rings is 1. The highest BCUT2D eigenvalue weighted by Crippen LogP contribution is 2.65. The van der Waals surface area contributed by atoms with E-state index in [2.05, 4.69) is 63.9 Å². The number of rotatable bonds is 43. The SMILES string of the molecule is CC1=C2C[C@H]3[C@@H](CC=C4C[C@@H](O)CC[C@@]43C)[C@@H]2CC[C@]12O[C@@H]1C[C@H](C)CN[C@H]1[C@H]2C.CNC(=O)CCOCC(COCCC(C)=O)(COCCC(C)=O)COCCC(=O)NC.O=COCCOCC(COCCOC=O)(COCCOC=O)COCCC(=O)O. The van der Waals surface area contributed by atoms with Gasteiger partial charge >= 0.3 is 5.97 Å². The van der Waals surface area contributed by atoms with Crippen molar-refractivity contribution < 1.29 is 105 Å². The van der Waals surface area contributed by atoms with Gasteiger partial charge in [-0.3, -0.25) is 38.4 Å². The second-order valence-corrected chi connectivity index (χ2v) is 25.4. The Kier molecular flexibility index (Phi) is 35.4. The van der Waals surface area contributed by atoms with Crippen molar-refractivity contribution in [3.8, 4) is 0 Å². The van der Waals surface area contributed by atoms with E-state index in [-0.39, 0.29) is 193 Å². The van der Waals surface area contributed by atoms with Gasteiger partial charge in [-0.2, -0.15) is 0 Å². The van der Waals surface area contributed by atoms with E-state index in [1.807, 2.05) is 0 Å². The van der Waals surface area contributed by atoms with E-state index < -0.39 is 16.8 Å². The van der Waals surface area contributed by atoms with Gasteiger partial charge in [-0.05, 0) is 113 Å². The van der Waals surface area contributed by atoms with Gasteiger partial charge in [0.2, 0.25) is 11.8 Å². The zero-order valence-electron chi connectivity index (χ0n) is 54.8. The van der Waals surface area contributed by atoms with Gasteiger partial charge in [-0.15, -0.1) is 0 Å². The molecule has 5 N–H and O–H groups in total.